The number of allylic oxidation sites excluding steroid dienone is 2. The third-order valence-corrected chi connectivity index (χ3v) is 1.01. The largest absolute Gasteiger partial charge is 0.299 e. The molecule has 1 radical (unpaired) electrons. The molecule has 0 aliphatic heterocycles. The number of carbonyl (C=O) groups excluding carboxylic acids is 1. The third-order valence-electron chi connectivity index (χ3n) is 1.01. The summed E-state index contributed by atoms with van der Waals surface area (Å²) >= 11 is 0. The molecule has 37 valence electrons. The van der Waals surface area contributed by atoms with Gasteiger partial charge in [-0.25, -0.2) is 0 Å². The van der Waals surface area contributed by atoms with Crippen LogP contribution >= 0.6 is 0 Å². The molecule has 1 aliphatic carbocycles. The molecule has 0 amide bonds. The number of hydrogen-bond acceptors (Lipinski definition) is 1. The van der Waals surface area contributed by atoms with Crippen LogP contribution in [-0.2, 0) is 4.79 Å². The smallest absolute Gasteiger partial charge is 0.137 e. The van der Waals surface area contributed by atoms with E-state index in [1.54, 1.807) is 0 Å². The molecule has 0 bridgehead atoms. The first-order valence-electron chi connectivity index (χ1n) is 2.46. The summed E-state index contributed by atoms with van der Waals surface area (Å²) in [7, 11) is 0. The number of rotatable bonds is 0. The molecule has 0 spiro atoms. The van der Waals surface area contributed by atoms with E-state index in [0.717, 1.165) is 12.8 Å². The summed E-state index contributed by atoms with van der Waals surface area (Å²) in [6.45, 7) is 0. The van der Waals surface area contributed by atoms with Gasteiger partial charge in [-0.3, -0.25) is 4.79 Å². The van der Waals surface area contributed by atoms with Gasteiger partial charge in [-0.15, -0.1) is 0 Å². The molecular weight excluding hydrogens is 88.1 g/mol. The highest BCUT2D eigenvalue weighted by molar-refractivity contribution is 5.80. The molecular formula is C6H7O. The van der Waals surface area contributed by atoms with E-state index < -0.39 is 0 Å². The lowest BCUT2D eigenvalue weighted by molar-refractivity contribution is -0.118. The highest BCUT2D eigenvalue weighted by Crippen LogP contribution is 2.02. The molecule has 0 aromatic rings. The van der Waals surface area contributed by atoms with Crippen LogP contribution in [0.4, 0.5) is 0 Å². The topological polar surface area (TPSA) is 17.1 Å². The van der Waals surface area contributed by atoms with Gasteiger partial charge in [-0.05, 0) is 12.5 Å². The Morgan fingerprint density at radius 1 is 1.71 bits per heavy atom. The normalized spacial score (nSPS) is 20.3. The summed E-state index contributed by atoms with van der Waals surface area (Å²) < 4.78 is 0. The number of carbonyl (C=O) groups is 1. The van der Waals surface area contributed by atoms with Crippen molar-refractivity contribution in [3.63, 3.8) is 0 Å². The van der Waals surface area contributed by atoms with E-state index in [2.05, 4.69) is 6.08 Å². The fourth-order valence-corrected chi connectivity index (χ4v) is 0.610. The van der Waals surface area contributed by atoms with Gasteiger partial charge >= 0.3 is 0 Å². The van der Waals surface area contributed by atoms with E-state index >= 15 is 0 Å². The lowest BCUT2D eigenvalue weighted by atomic mass is 10.1. The predicted octanol–water partition coefficient (Wildman–Crippen LogP) is 1.10. The monoisotopic (exact) mass is 95.0 g/mol. The molecule has 0 atom stereocenters. The quantitative estimate of drug-likeness (QED) is 0.440. The van der Waals surface area contributed by atoms with Crippen LogP contribution in [0.5, 0.6) is 0 Å². The molecule has 0 N–H and O–H groups in total. The van der Waals surface area contributed by atoms with Crippen molar-refractivity contribution in [1.29, 1.82) is 0 Å². The van der Waals surface area contributed by atoms with E-state index in [1.807, 2.05) is 6.08 Å². The Labute approximate surface area is 43.0 Å². The second-order valence-corrected chi connectivity index (χ2v) is 1.66. The van der Waals surface area contributed by atoms with Crippen molar-refractivity contribution in [2.75, 3.05) is 0 Å². The lowest BCUT2D eigenvalue weighted by Crippen LogP contribution is -1.97. The Bertz CT molecular complexity index is 103. The van der Waals surface area contributed by atoms with Crippen molar-refractivity contribution in [1.82, 2.24) is 0 Å². The Morgan fingerprint density at radius 2 is 2.57 bits per heavy atom. The van der Waals surface area contributed by atoms with Crippen molar-refractivity contribution in [3.8, 4) is 0 Å². The molecule has 1 heteroatoms. The first kappa shape index (κ1) is 4.57. The second kappa shape index (κ2) is 1.92. The molecule has 0 saturated heterocycles. The highest BCUT2D eigenvalue weighted by atomic mass is 16.1. The fourth-order valence-electron chi connectivity index (χ4n) is 0.610. The molecule has 0 aromatic carbocycles. The highest BCUT2D eigenvalue weighted by Gasteiger charge is 2.00. The molecule has 0 fully saturated rings. The van der Waals surface area contributed by atoms with Gasteiger partial charge in [0.05, 0.1) is 0 Å². The molecule has 0 unspecified atom stereocenters. The fraction of sp³-hybridized carbons (Fsp3) is 0.500. The first-order chi connectivity index (χ1) is 3.39. The Morgan fingerprint density at radius 3 is 2.86 bits per heavy atom. The second-order valence-electron chi connectivity index (χ2n) is 1.66. The van der Waals surface area contributed by atoms with Gasteiger partial charge in [-0.1, -0.05) is 6.08 Å². The van der Waals surface area contributed by atoms with Gasteiger partial charge in [0.1, 0.15) is 5.78 Å². The van der Waals surface area contributed by atoms with Crippen LogP contribution in [0.15, 0.2) is 6.08 Å². The zero-order valence-electron chi connectivity index (χ0n) is 4.11. The van der Waals surface area contributed by atoms with E-state index in [1.165, 1.54) is 0 Å². The molecule has 1 rings (SSSR count). The number of Topliss-reactive ketones (excluding diaryl/α,β-unsaturated/α-hetero) is 1. The van der Waals surface area contributed by atoms with Gasteiger partial charge in [0.25, 0.3) is 0 Å². The molecule has 0 heterocycles. The maximum absolute atomic E-state index is 10.4. The van der Waals surface area contributed by atoms with Crippen molar-refractivity contribution in [2.24, 2.45) is 0 Å². The molecule has 0 aromatic heterocycles. The summed E-state index contributed by atoms with van der Waals surface area (Å²) in [5.74, 6) is 0.322. The van der Waals surface area contributed by atoms with Gasteiger partial charge in [-0.2, -0.15) is 0 Å². The van der Waals surface area contributed by atoms with Crippen LogP contribution < -0.4 is 0 Å². The van der Waals surface area contributed by atoms with Gasteiger partial charge in [0.2, 0.25) is 0 Å². The van der Waals surface area contributed by atoms with E-state index in [9.17, 15) is 4.79 Å². The molecule has 1 aliphatic rings. The minimum Gasteiger partial charge on any atom is -0.299 e. The minimum atomic E-state index is 0.322. The zero-order valence-corrected chi connectivity index (χ0v) is 4.11. The van der Waals surface area contributed by atoms with Crippen molar-refractivity contribution >= 4 is 5.78 Å². The van der Waals surface area contributed by atoms with Gasteiger partial charge in [0.15, 0.2) is 0 Å². The molecule has 7 heavy (non-hydrogen) atoms. The maximum atomic E-state index is 10.4. The van der Waals surface area contributed by atoms with Crippen LogP contribution in [0.25, 0.3) is 0 Å². The molecule has 0 saturated carbocycles. The SMILES string of the molecule is O=C1C[C]=CCC1. The average molecular weight is 95.1 g/mol. The van der Waals surface area contributed by atoms with Crippen LogP contribution in [0.2, 0.25) is 0 Å². The van der Waals surface area contributed by atoms with Crippen molar-refractivity contribution in [3.05, 3.63) is 12.2 Å². The van der Waals surface area contributed by atoms with E-state index in [0.29, 0.717) is 12.2 Å². The van der Waals surface area contributed by atoms with Gasteiger partial charge < -0.3 is 0 Å². The number of hydrogen-bond donors (Lipinski definition) is 0. The van der Waals surface area contributed by atoms with Crippen LogP contribution in [0, 0.1) is 6.08 Å². The average Bonchev–Trinajstić information content (AvgIpc) is 1.69. The summed E-state index contributed by atoms with van der Waals surface area (Å²) in [6.07, 6.45) is 6.96. The van der Waals surface area contributed by atoms with Crippen LogP contribution in [0.3, 0.4) is 0 Å². The van der Waals surface area contributed by atoms with Crippen molar-refractivity contribution < 1.29 is 4.79 Å². The van der Waals surface area contributed by atoms with Crippen LogP contribution in [-0.4, -0.2) is 5.78 Å². The summed E-state index contributed by atoms with van der Waals surface area (Å²) in [5, 5.41) is 0. The van der Waals surface area contributed by atoms with Gasteiger partial charge in [0, 0.05) is 12.8 Å². The zero-order chi connectivity index (χ0) is 5.11. The Balaban J connectivity index is 2.47. The summed E-state index contributed by atoms with van der Waals surface area (Å²) in [4.78, 5) is 10.4. The number of ketones is 1. The summed E-state index contributed by atoms with van der Waals surface area (Å²) in [6, 6.07) is 0. The predicted molar refractivity (Wildman–Crippen MR) is 26.7 cm³/mol. The summed E-state index contributed by atoms with van der Waals surface area (Å²) in [5.41, 5.74) is 0. The standard InChI is InChI=1S/C6H7O/c7-6-4-2-1-3-5-6/h1H,2,4-5H2. The first-order valence-corrected chi connectivity index (χ1v) is 2.46. The minimum absolute atomic E-state index is 0.322. The van der Waals surface area contributed by atoms with Crippen molar-refractivity contribution in [2.45, 2.75) is 19.3 Å². The third kappa shape index (κ3) is 1.15. The van der Waals surface area contributed by atoms with Crippen LogP contribution in [0.1, 0.15) is 19.3 Å². The maximum Gasteiger partial charge on any atom is 0.137 e. The Kier molecular flexibility index (Phi) is 1.25. The van der Waals surface area contributed by atoms with E-state index in [4.69, 9.17) is 0 Å². The Hall–Kier alpha value is -0.590. The van der Waals surface area contributed by atoms with E-state index in [-0.39, 0.29) is 0 Å². The lowest BCUT2D eigenvalue weighted by Gasteiger charge is -1.96. The molecule has 1 nitrogen and oxygen atoms in total.